The van der Waals surface area contributed by atoms with Crippen molar-refractivity contribution in [3.63, 3.8) is 0 Å². The maximum Gasteiger partial charge on any atom is 0.260 e. The standard InChI is InChI=1S/C44H26BNO3/c1-2-13-28(14-3-1)46(35-18-8-12-27-11-4-5-15-29(27)35)36-24-23-30-32-25-42-34(26-41(32)48-38-20-9-16-31(36)43(30)38)45-33-17-6-7-19-37(33)47-39-21-10-22-40(49-42)44(39)45/h1-26H. The van der Waals surface area contributed by atoms with Crippen LogP contribution < -0.4 is 35.5 Å². The van der Waals surface area contributed by atoms with Crippen LogP contribution in [0.5, 0.6) is 34.5 Å². The Morgan fingerprint density at radius 1 is 0.408 bits per heavy atom. The third kappa shape index (κ3) is 3.81. The molecule has 4 nitrogen and oxygen atoms in total. The lowest BCUT2D eigenvalue weighted by Crippen LogP contribution is -2.57. The van der Waals surface area contributed by atoms with Crippen LogP contribution in [-0.2, 0) is 0 Å². The highest BCUT2D eigenvalue weighted by Crippen LogP contribution is 2.52. The van der Waals surface area contributed by atoms with Crippen LogP contribution in [0.2, 0.25) is 0 Å². The molecule has 8 aromatic carbocycles. The van der Waals surface area contributed by atoms with Gasteiger partial charge in [0, 0.05) is 32.9 Å². The van der Waals surface area contributed by atoms with Crippen LogP contribution in [-0.4, -0.2) is 6.71 Å². The normalized spacial score (nSPS) is 12.9. The number of hydrogen-bond acceptors (Lipinski definition) is 4. The lowest BCUT2D eigenvalue weighted by atomic mass is 9.35. The zero-order valence-electron chi connectivity index (χ0n) is 26.3. The second kappa shape index (κ2) is 10.0. The van der Waals surface area contributed by atoms with E-state index >= 15 is 0 Å². The highest BCUT2D eigenvalue weighted by molar-refractivity contribution is 6.98. The minimum Gasteiger partial charge on any atom is -0.458 e. The predicted octanol–water partition coefficient (Wildman–Crippen LogP) is 9.96. The van der Waals surface area contributed by atoms with E-state index in [1.54, 1.807) is 0 Å². The van der Waals surface area contributed by atoms with Crippen LogP contribution in [0.3, 0.4) is 0 Å². The highest BCUT2D eigenvalue weighted by Gasteiger charge is 2.41. The van der Waals surface area contributed by atoms with Gasteiger partial charge in [0.15, 0.2) is 0 Å². The van der Waals surface area contributed by atoms with Crippen molar-refractivity contribution >= 4 is 61.7 Å². The summed E-state index contributed by atoms with van der Waals surface area (Å²) >= 11 is 0. The molecule has 0 bridgehead atoms. The van der Waals surface area contributed by atoms with Crippen molar-refractivity contribution in [1.29, 1.82) is 0 Å². The smallest absolute Gasteiger partial charge is 0.260 e. The van der Waals surface area contributed by atoms with E-state index in [4.69, 9.17) is 14.2 Å². The first-order valence-electron chi connectivity index (χ1n) is 16.6. The van der Waals surface area contributed by atoms with Crippen LogP contribution in [0, 0.1) is 0 Å². The van der Waals surface area contributed by atoms with Gasteiger partial charge < -0.3 is 19.1 Å². The Morgan fingerprint density at radius 2 is 1.06 bits per heavy atom. The van der Waals surface area contributed by atoms with Crippen molar-refractivity contribution in [1.82, 2.24) is 0 Å². The third-order valence-electron chi connectivity index (χ3n) is 10.2. The van der Waals surface area contributed by atoms with Gasteiger partial charge in [0.25, 0.3) is 6.71 Å². The number of anilines is 3. The molecule has 0 spiro atoms. The average Bonchev–Trinajstić information content (AvgIpc) is 3.15. The summed E-state index contributed by atoms with van der Waals surface area (Å²) in [6.45, 7) is -0.0199. The molecule has 0 radical (unpaired) electrons. The number of benzene rings is 8. The van der Waals surface area contributed by atoms with Gasteiger partial charge in [-0.1, -0.05) is 97.1 Å². The zero-order valence-corrected chi connectivity index (χ0v) is 26.3. The molecule has 5 heteroatoms. The molecular weight excluding hydrogens is 601 g/mol. The summed E-state index contributed by atoms with van der Waals surface area (Å²) < 4.78 is 19.8. The van der Waals surface area contributed by atoms with Crippen LogP contribution >= 0.6 is 0 Å². The molecule has 11 rings (SSSR count). The van der Waals surface area contributed by atoms with Gasteiger partial charge in [-0.2, -0.15) is 0 Å². The second-order valence-corrected chi connectivity index (χ2v) is 12.8. The van der Waals surface area contributed by atoms with E-state index in [9.17, 15) is 0 Å². The molecular formula is C44H26BNO3. The van der Waals surface area contributed by atoms with E-state index in [0.29, 0.717) is 0 Å². The van der Waals surface area contributed by atoms with Crippen LogP contribution in [0.15, 0.2) is 158 Å². The van der Waals surface area contributed by atoms with E-state index in [-0.39, 0.29) is 6.71 Å². The molecule has 49 heavy (non-hydrogen) atoms. The molecule has 3 heterocycles. The van der Waals surface area contributed by atoms with Crippen molar-refractivity contribution in [3.05, 3.63) is 158 Å². The molecule has 0 unspecified atom stereocenters. The van der Waals surface area contributed by atoms with Crippen molar-refractivity contribution in [2.75, 3.05) is 4.90 Å². The Kier molecular flexibility index (Phi) is 5.44. The lowest BCUT2D eigenvalue weighted by molar-refractivity contribution is 0.461. The molecule has 0 amide bonds. The SMILES string of the molecule is c1ccc(N(c2cccc3ccccc23)c2ccc3c4c(cccc24)Oc2cc4c(cc2-3)Oc2cccc3c2B4c2ccccc2O3)cc1. The van der Waals surface area contributed by atoms with Gasteiger partial charge in [0.1, 0.15) is 34.5 Å². The van der Waals surface area contributed by atoms with Crippen LogP contribution in [0.4, 0.5) is 17.1 Å². The Morgan fingerprint density at radius 3 is 1.98 bits per heavy atom. The van der Waals surface area contributed by atoms with Crippen LogP contribution in [0.25, 0.3) is 32.7 Å². The van der Waals surface area contributed by atoms with E-state index in [2.05, 4.69) is 132 Å². The number of fused-ring (bicyclic) bond motifs is 7. The molecule has 0 aromatic heterocycles. The maximum atomic E-state index is 6.84. The summed E-state index contributed by atoms with van der Waals surface area (Å²) in [5, 5.41) is 4.59. The van der Waals surface area contributed by atoms with E-state index in [0.717, 1.165) is 89.8 Å². The first kappa shape index (κ1) is 26.6. The predicted molar refractivity (Wildman–Crippen MR) is 199 cm³/mol. The summed E-state index contributed by atoms with van der Waals surface area (Å²) in [6.07, 6.45) is 0. The molecule has 0 N–H and O–H groups in total. The van der Waals surface area contributed by atoms with Gasteiger partial charge in [0.2, 0.25) is 0 Å². The molecule has 228 valence electrons. The summed E-state index contributed by atoms with van der Waals surface area (Å²) in [4.78, 5) is 2.37. The molecule has 0 atom stereocenters. The second-order valence-electron chi connectivity index (χ2n) is 12.8. The monoisotopic (exact) mass is 627 g/mol. The zero-order chi connectivity index (χ0) is 32.1. The Labute approximate surface area is 283 Å². The Bertz CT molecular complexity index is 2660. The quantitative estimate of drug-likeness (QED) is 0.183. The first-order chi connectivity index (χ1) is 24.3. The lowest BCUT2D eigenvalue weighted by Gasteiger charge is -2.34. The number of rotatable bonds is 3. The van der Waals surface area contributed by atoms with E-state index in [1.165, 1.54) is 10.8 Å². The molecule has 8 aromatic rings. The van der Waals surface area contributed by atoms with Gasteiger partial charge in [-0.05, 0) is 82.5 Å². The fourth-order valence-corrected chi connectivity index (χ4v) is 8.07. The van der Waals surface area contributed by atoms with Crippen molar-refractivity contribution in [2.24, 2.45) is 0 Å². The van der Waals surface area contributed by atoms with Crippen molar-refractivity contribution in [2.45, 2.75) is 0 Å². The number of nitrogens with zero attached hydrogens (tertiary/aromatic N) is 1. The van der Waals surface area contributed by atoms with Gasteiger partial charge in [-0.3, -0.25) is 0 Å². The summed E-state index contributed by atoms with van der Waals surface area (Å²) in [7, 11) is 0. The van der Waals surface area contributed by atoms with Gasteiger partial charge in [-0.15, -0.1) is 0 Å². The van der Waals surface area contributed by atoms with E-state index < -0.39 is 0 Å². The summed E-state index contributed by atoms with van der Waals surface area (Å²) in [5.41, 5.74) is 8.71. The summed E-state index contributed by atoms with van der Waals surface area (Å²) in [6, 6.07) is 55.3. The minimum atomic E-state index is -0.0199. The number of hydrogen-bond donors (Lipinski definition) is 0. The first-order valence-corrected chi connectivity index (χ1v) is 16.6. The molecule has 3 aliphatic heterocycles. The topological polar surface area (TPSA) is 30.9 Å². The highest BCUT2D eigenvalue weighted by atomic mass is 16.5. The third-order valence-corrected chi connectivity index (χ3v) is 10.2. The van der Waals surface area contributed by atoms with Gasteiger partial charge in [0.05, 0.1) is 11.4 Å². The fraction of sp³-hybridized carbons (Fsp3) is 0. The average molecular weight is 628 g/mol. The van der Waals surface area contributed by atoms with Gasteiger partial charge >= 0.3 is 0 Å². The largest absolute Gasteiger partial charge is 0.458 e. The Hall–Kier alpha value is -6.46. The number of ether oxygens (including phenoxy) is 3. The van der Waals surface area contributed by atoms with Crippen LogP contribution in [0.1, 0.15) is 0 Å². The van der Waals surface area contributed by atoms with Gasteiger partial charge in [-0.25, -0.2) is 0 Å². The molecule has 3 aliphatic rings. The maximum absolute atomic E-state index is 6.84. The molecule has 0 saturated carbocycles. The Balaban J connectivity index is 1.12. The minimum absolute atomic E-state index is 0.0199. The molecule has 0 aliphatic carbocycles. The van der Waals surface area contributed by atoms with Crippen molar-refractivity contribution in [3.8, 4) is 45.6 Å². The summed E-state index contributed by atoms with van der Waals surface area (Å²) in [5.74, 6) is 5.05. The number of para-hydroxylation sites is 2. The molecule has 0 saturated heterocycles. The molecule has 0 fully saturated rings. The van der Waals surface area contributed by atoms with E-state index in [1.807, 2.05) is 30.3 Å². The fourth-order valence-electron chi connectivity index (χ4n) is 8.07. The van der Waals surface area contributed by atoms with Crippen molar-refractivity contribution < 1.29 is 14.2 Å².